The van der Waals surface area contributed by atoms with Gasteiger partial charge in [-0.15, -0.1) is 0 Å². The van der Waals surface area contributed by atoms with E-state index < -0.39 is 23.9 Å². The van der Waals surface area contributed by atoms with E-state index in [-0.39, 0.29) is 18.5 Å². The van der Waals surface area contributed by atoms with E-state index in [9.17, 15) is 9.59 Å². The molecule has 10 heteroatoms. The predicted molar refractivity (Wildman–Crippen MR) is 112 cm³/mol. The molecule has 1 aromatic rings. The second-order valence-electron chi connectivity index (χ2n) is 9.91. The molecule has 2 aliphatic rings. The zero-order valence-corrected chi connectivity index (χ0v) is 19.1. The van der Waals surface area contributed by atoms with Crippen molar-refractivity contribution in [3.05, 3.63) is 12.4 Å². The Morgan fingerprint density at radius 1 is 1.07 bits per heavy atom. The first-order valence-electron chi connectivity index (χ1n) is 10.4. The summed E-state index contributed by atoms with van der Waals surface area (Å²) < 4.78 is 19.1. The average Bonchev–Trinajstić information content (AvgIpc) is 3.15. The Labute approximate surface area is 178 Å². The Balaban J connectivity index is 1.52. The molecule has 0 spiro atoms. The van der Waals surface area contributed by atoms with Crippen molar-refractivity contribution in [1.29, 1.82) is 0 Å². The average molecular weight is 420 g/mol. The molecule has 1 aromatic heterocycles. The second-order valence-corrected chi connectivity index (χ2v) is 9.91. The number of piperazine rings is 1. The number of carbonyl (C=O) groups is 2. The van der Waals surface area contributed by atoms with Crippen LogP contribution in [0.1, 0.15) is 48.5 Å². The fourth-order valence-corrected chi connectivity index (χ4v) is 3.27. The Morgan fingerprint density at radius 3 is 2.13 bits per heavy atom. The fourth-order valence-electron chi connectivity index (χ4n) is 3.27. The zero-order chi connectivity index (χ0) is 22.3. The lowest BCUT2D eigenvalue weighted by Gasteiger charge is -2.35. The van der Waals surface area contributed by atoms with Crippen molar-refractivity contribution in [2.24, 2.45) is 0 Å². The van der Waals surface area contributed by atoms with Gasteiger partial charge in [-0.3, -0.25) is 9.48 Å². The summed E-state index contributed by atoms with van der Waals surface area (Å²) in [6.45, 7) is 15.5. The first kappa shape index (κ1) is 22.6. The number of hydrogen-bond acceptors (Lipinski definition) is 6. The van der Waals surface area contributed by atoms with Gasteiger partial charge >= 0.3 is 13.2 Å². The first-order valence-corrected chi connectivity index (χ1v) is 10.4. The number of carbonyl (C=O) groups excluding carboxylic acids is 2. The van der Waals surface area contributed by atoms with Crippen LogP contribution in [0, 0.1) is 0 Å². The van der Waals surface area contributed by atoms with Gasteiger partial charge in [-0.1, -0.05) is 0 Å². The highest BCUT2D eigenvalue weighted by atomic mass is 16.7. The van der Waals surface area contributed by atoms with Gasteiger partial charge < -0.3 is 23.8 Å². The third-order valence-corrected chi connectivity index (χ3v) is 5.76. The Kier molecular flexibility index (Phi) is 5.94. The van der Waals surface area contributed by atoms with Crippen LogP contribution in [-0.4, -0.2) is 81.7 Å². The van der Waals surface area contributed by atoms with E-state index in [4.69, 9.17) is 14.0 Å². The normalized spacial score (nSPS) is 21.1. The number of nitrogens with zero attached hydrogens (tertiary/aromatic N) is 4. The molecule has 2 amide bonds. The summed E-state index contributed by atoms with van der Waals surface area (Å²) in [6, 6.07) is 0. The van der Waals surface area contributed by atoms with E-state index in [0.717, 1.165) is 5.46 Å². The topological polar surface area (TPSA) is 86.1 Å². The molecular weight excluding hydrogens is 387 g/mol. The predicted octanol–water partition coefficient (Wildman–Crippen LogP) is 1.26. The highest BCUT2D eigenvalue weighted by Gasteiger charge is 2.52. The Bertz CT molecular complexity index is 777. The molecule has 0 saturated carbocycles. The number of amides is 2. The van der Waals surface area contributed by atoms with Crippen molar-refractivity contribution in [3.63, 3.8) is 0 Å². The first-order chi connectivity index (χ1) is 13.8. The smallest absolute Gasteiger partial charge is 0.444 e. The van der Waals surface area contributed by atoms with Crippen molar-refractivity contribution in [3.8, 4) is 0 Å². The summed E-state index contributed by atoms with van der Waals surface area (Å²) in [5, 5.41) is 4.30. The number of ether oxygens (including phenoxy) is 1. The molecule has 9 nitrogen and oxygen atoms in total. The monoisotopic (exact) mass is 420 g/mol. The molecule has 166 valence electrons. The standard InChI is InChI=1S/C20H33BN4O5/c1-18(2,3)28-17(27)24-10-8-23(9-11-24)16(26)14-25-13-15(12-22-25)21-29-19(4,5)20(6,7)30-21/h12-13H,8-11,14H2,1-7H3. The van der Waals surface area contributed by atoms with Gasteiger partial charge in [0, 0.05) is 44.0 Å². The summed E-state index contributed by atoms with van der Waals surface area (Å²) in [5.41, 5.74) is -0.595. The second kappa shape index (κ2) is 7.88. The molecule has 0 aliphatic carbocycles. The molecule has 0 bridgehead atoms. The largest absolute Gasteiger partial charge is 0.498 e. The van der Waals surface area contributed by atoms with E-state index >= 15 is 0 Å². The summed E-state index contributed by atoms with van der Waals surface area (Å²) in [5.74, 6) is -0.0394. The van der Waals surface area contributed by atoms with Crippen LogP contribution in [0.2, 0.25) is 0 Å². The molecule has 3 rings (SSSR count). The Hall–Kier alpha value is -2.07. The molecule has 2 saturated heterocycles. The molecular formula is C20H33BN4O5. The summed E-state index contributed by atoms with van der Waals surface area (Å²) in [4.78, 5) is 28.2. The maximum atomic E-state index is 12.7. The van der Waals surface area contributed by atoms with Gasteiger partial charge in [0.2, 0.25) is 5.91 Å². The van der Waals surface area contributed by atoms with Crippen LogP contribution in [0.25, 0.3) is 0 Å². The zero-order valence-electron chi connectivity index (χ0n) is 19.1. The summed E-state index contributed by atoms with van der Waals surface area (Å²) >= 11 is 0. The van der Waals surface area contributed by atoms with Crippen molar-refractivity contribution >= 4 is 24.6 Å². The molecule has 2 fully saturated rings. The molecule has 0 radical (unpaired) electrons. The molecule has 30 heavy (non-hydrogen) atoms. The van der Waals surface area contributed by atoms with Gasteiger partial charge in [0.25, 0.3) is 0 Å². The lowest BCUT2D eigenvalue weighted by molar-refractivity contribution is -0.133. The lowest BCUT2D eigenvalue weighted by atomic mass is 9.82. The minimum absolute atomic E-state index is 0.0394. The van der Waals surface area contributed by atoms with Gasteiger partial charge in [0.1, 0.15) is 12.1 Å². The fraction of sp³-hybridized carbons (Fsp3) is 0.750. The van der Waals surface area contributed by atoms with E-state index in [2.05, 4.69) is 5.10 Å². The maximum absolute atomic E-state index is 12.7. The van der Waals surface area contributed by atoms with Crippen molar-refractivity contribution in [2.45, 2.75) is 71.8 Å². The maximum Gasteiger partial charge on any atom is 0.498 e. The van der Waals surface area contributed by atoms with Crippen LogP contribution < -0.4 is 5.46 Å². The van der Waals surface area contributed by atoms with Gasteiger partial charge in [-0.25, -0.2) is 4.79 Å². The van der Waals surface area contributed by atoms with Crippen molar-refractivity contribution in [1.82, 2.24) is 19.6 Å². The third-order valence-electron chi connectivity index (χ3n) is 5.76. The quantitative estimate of drug-likeness (QED) is 0.685. The van der Waals surface area contributed by atoms with Gasteiger partial charge in [-0.05, 0) is 48.5 Å². The van der Waals surface area contributed by atoms with Crippen LogP contribution >= 0.6 is 0 Å². The van der Waals surface area contributed by atoms with Gasteiger partial charge in [-0.2, -0.15) is 5.10 Å². The number of hydrogen-bond donors (Lipinski definition) is 0. The third kappa shape index (κ3) is 4.97. The highest BCUT2D eigenvalue weighted by molar-refractivity contribution is 6.62. The molecule has 0 unspecified atom stereocenters. The highest BCUT2D eigenvalue weighted by Crippen LogP contribution is 2.36. The molecule has 2 aliphatic heterocycles. The van der Waals surface area contributed by atoms with Crippen LogP contribution in [0.4, 0.5) is 4.79 Å². The lowest BCUT2D eigenvalue weighted by Crippen LogP contribution is -2.52. The van der Waals surface area contributed by atoms with Crippen molar-refractivity contribution in [2.75, 3.05) is 26.2 Å². The van der Waals surface area contributed by atoms with E-state index in [1.54, 1.807) is 26.9 Å². The van der Waals surface area contributed by atoms with Gasteiger partial charge in [0.15, 0.2) is 0 Å². The van der Waals surface area contributed by atoms with Crippen LogP contribution in [-0.2, 0) is 25.4 Å². The minimum Gasteiger partial charge on any atom is -0.444 e. The Morgan fingerprint density at radius 2 is 1.60 bits per heavy atom. The van der Waals surface area contributed by atoms with Crippen LogP contribution in [0.15, 0.2) is 12.4 Å². The number of aromatic nitrogens is 2. The minimum atomic E-state index is -0.529. The van der Waals surface area contributed by atoms with Crippen molar-refractivity contribution < 1.29 is 23.6 Å². The molecule has 0 N–H and O–H groups in total. The molecule has 0 aromatic carbocycles. The summed E-state index contributed by atoms with van der Waals surface area (Å²) in [6.07, 6.45) is 3.13. The van der Waals surface area contributed by atoms with E-state index in [0.29, 0.717) is 26.2 Å². The SMILES string of the molecule is CC(C)(C)OC(=O)N1CCN(C(=O)Cn2cc(B3OC(C)(C)C(C)(C)O3)cn2)CC1. The van der Waals surface area contributed by atoms with Crippen LogP contribution in [0.3, 0.4) is 0 Å². The van der Waals surface area contributed by atoms with E-state index in [1.807, 2.05) is 48.5 Å². The van der Waals surface area contributed by atoms with E-state index in [1.165, 1.54) is 0 Å². The van der Waals surface area contributed by atoms with Gasteiger partial charge in [0.05, 0.1) is 11.2 Å². The molecule has 3 heterocycles. The summed E-state index contributed by atoms with van der Waals surface area (Å²) in [7, 11) is -0.503. The number of rotatable bonds is 3. The van der Waals surface area contributed by atoms with Crippen LogP contribution in [0.5, 0.6) is 0 Å². The molecule has 0 atom stereocenters.